The van der Waals surface area contributed by atoms with Gasteiger partial charge in [-0.15, -0.1) is 0 Å². The smallest absolute Gasteiger partial charge is 0.123 e. The molecule has 1 aromatic carbocycles. The van der Waals surface area contributed by atoms with Crippen LogP contribution in [0.15, 0.2) is 18.2 Å². The predicted molar refractivity (Wildman–Crippen MR) is 78.9 cm³/mol. The van der Waals surface area contributed by atoms with Gasteiger partial charge in [0.1, 0.15) is 5.75 Å². The second kappa shape index (κ2) is 5.34. The summed E-state index contributed by atoms with van der Waals surface area (Å²) in [6, 6.07) is 6.00. The maximum atomic E-state index is 6.17. The molecule has 3 rings (SSSR count). The first-order valence-corrected chi connectivity index (χ1v) is 7.74. The van der Waals surface area contributed by atoms with Crippen LogP contribution in [-0.4, -0.2) is 13.2 Å². The normalized spacial score (nSPS) is 21.6. The Morgan fingerprint density at radius 2 is 2.05 bits per heavy atom. The summed E-state index contributed by atoms with van der Waals surface area (Å²) in [6.07, 6.45) is 7.54. The monoisotopic (exact) mass is 279 g/mol. The van der Waals surface area contributed by atoms with Gasteiger partial charge in [0.2, 0.25) is 0 Å². The Bertz CT molecular complexity index is 447. The Balaban J connectivity index is 1.81. The third kappa shape index (κ3) is 2.48. The van der Waals surface area contributed by atoms with Crippen LogP contribution in [-0.2, 0) is 5.41 Å². The molecule has 3 heteroatoms. The maximum absolute atomic E-state index is 6.17. The fraction of sp³-hybridized carbons (Fsp3) is 0.625. The Labute approximate surface area is 120 Å². The van der Waals surface area contributed by atoms with Crippen molar-refractivity contribution in [3.63, 3.8) is 0 Å². The molecule has 0 radical (unpaired) electrons. The molecular formula is C16H22ClNO. The van der Waals surface area contributed by atoms with Crippen molar-refractivity contribution in [1.82, 2.24) is 0 Å². The lowest BCUT2D eigenvalue weighted by Gasteiger charge is -2.42. The van der Waals surface area contributed by atoms with Gasteiger partial charge in [-0.05, 0) is 49.8 Å². The first-order valence-electron chi connectivity index (χ1n) is 7.36. The fourth-order valence-corrected chi connectivity index (χ4v) is 3.27. The van der Waals surface area contributed by atoms with Gasteiger partial charge in [0, 0.05) is 22.5 Å². The molecule has 0 heterocycles. The SMILES string of the molecule is NCC1(c2cc(Cl)ccc2OCC2CCC2)CCC1. The molecular weight excluding hydrogens is 258 g/mol. The molecule has 1 aromatic rings. The largest absolute Gasteiger partial charge is 0.493 e. The zero-order valence-electron chi connectivity index (χ0n) is 11.3. The van der Waals surface area contributed by atoms with Gasteiger partial charge >= 0.3 is 0 Å². The Morgan fingerprint density at radius 1 is 1.26 bits per heavy atom. The maximum Gasteiger partial charge on any atom is 0.123 e. The topological polar surface area (TPSA) is 35.2 Å². The average Bonchev–Trinajstić information content (AvgIpc) is 2.29. The fourth-order valence-electron chi connectivity index (χ4n) is 3.10. The van der Waals surface area contributed by atoms with Crippen molar-refractivity contribution in [2.75, 3.05) is 13.2 Å². The van der Waals surface area contributed by atoms with Crippen LogP contribution >= 0.6 is 11.6 Å². The van der Waals surface area contributed by atoms with E-state index in [0.29, 0.717) is 6.54 Å². The van der Waals surface area contributed by atoms with Crippen LogP contribution in [0.2, 0.25) is 5.02 Å². The zero-order chi connectivity index (χ0) is 13.3. The molecule has 2 fully saturated rings. The van der Waals surface area contributed by atoms with Gasteiger partial charge in [-0.25, -0.2) is 0 Å². The summed E-state index contributed by atoms with van der Waals surface area (Å²) in [5, 5.41) is 0.783. The number of hydrogen-bond donors (Lipinski definition) is 1. The third-order valence-corrected chi connectivity index (χ3v) is 5.15. The van der Waals surface area contributed by atoms with Crippen LogP contribution in [0.3, 0.4) is 0 Å². The van der Waals surface area contributed by atoms with Crippen LogP contribution in [0.25, 0.3) is 0 Å². The molecule has 2 aliphatic carbocycles. The van der Waals surface area contributed by atoms with E-state index >= 15 is 0 Å². The van der Waals surface area contributed by atoms with Gasteiger partial charge in [-0.2, -0.15) is 0 Å². The molecule has 2 N–H and O–H groups in total. The highest BCUT2D eigenvalue weighted by Crippen LogP contribution is 2.47. The van der Waals surface area contributed by atoms with Crippen LogP contribution in [0.1, 0.15) is 44.1 Å². The number of ether oxygens (including phenoxy) is 1. The van der Waals surface area contributed by atoms with Gasteiger partial charge in [0.15, 0.2) is 0 Å². The summed E-state index contributed by atoms with van der Waals surface area (Å²) < 4.78 is 6.07. The minimum absolute atomic E-state index is 0.111. The molecule has 2 saturated carbocycles. The van der Waals surface area contributed by atoms with Crippen LogP contribution < -0.4 is 10.5 Å². The molecule has 0 saturated heterocycles. The Morgan fingerprint density at radius 3 is 2.58 bits per heavy atom. The van der Waals surface area contributed by atoms with E-state index in [0.717, 1.165) is 36.1 Å². The van der Waals surface area contributed by atoms with E-state index in [1.165, 1.54) is 31.2 Å². The molecule has 0 aliphatic heterocycles. The zero-order valence-corrected chi connectivity index (χ0v) is 12.1. The van der Waals surface area contributed by atoms with Crippen LogP contribution in [0, 0.1) is 5.92 Å². The van der Waals surface area contributed by atoms with Crippen molar-refractivity contribution in [2.45, 2.75) is 43.9 Å². The molecule has 104 valence electrons. The van der Waals surface area contributed by atoms with Crippen LogP contribution in [0.4, 0.5) is 0 Å². The highest BCUT2D eigenvalue weighted by atomic mass is 35.5. The van der Waals surface area contributed by atoms with Crippen molar-refractivity contribution in [1.29, 1.82) is 0 Å². The average molecular weight is 280 g/mol. The summed E-state index contributed by atoms with van der Waals surface area (Å²) in [6.45, 7) is 1.53. The molecule has 0 spiro atoms. The van der Waals surface area contributed by atoms with Crippen molar-refractivity contribution < 1.29 is 4.74 Å². The quantitative estimate of drug-likeness (QED) is 0.887. The van der Waals surface area contributed by atoms with Crippen molar-refractivity contribution in [2.24, 2.45) is 11.7 Å². The Hall–Kier alpha value is -0.730. The molecule has 0 bridgehead atoms. The molecule has 0 unspecified atom stereocenters. The van der Waals surface area contributed by atoms with Gasteiger partial charge in [0.05, 0.1) is 6.61 Å². The molecule has 0 aromatic heterocycles. The second-order valence-corrected chi connectivity index (χ2v) is 6.52. The van der Waals surface area contributed by atoms with Crippen molar-refractivity contribution in [3.8, 4) is 5.75 Å². The van der Waals surface area contributed by atoms with E-state index in [4.69, 9.17) is 22.1 Å². The summed E-state index contributed by atoms with van der Waals surface area (Å²) in [5.41, 5.74) is 7.36. The predicted octanol–water partition coefficient (Wildman–Crippen LogP) is 3.90. The highest BCUT2D eigenvalue weighted by molar-refractivity contribution is 6.30. The number of halogens is 1. The molecule has 19 heavy (non-hydrogen) atoms. The standard InChI is InChI=1S/C16H22ClNO/c17-13-5-6-15(19-10-12-3-1-4-12)14(9-13)16(11-18)7-2-8-16/h5-6,9,12H,1-4,7-8,10-11,18H2. The van der Waals surface area contributed by atoms with E-state index in [-0.39, 0.29) is 5.41 Å². The summed E-state index contributed by atoms with van der Waals surface area (Å²) >= 11 is 6.17. The third-order valence-electron chi connectivity index (χ3n) is 4.91. The van der Waals surface area contributed by atoms with Gasteiger partial charge < -0.3 is 10.5 Å². The molecule has 0 atom stereocenters. The van der Waals surface area contributed by atoms with E-state index in [1.54, 1.807) is 0 Å². The number of hydrogen-bond acceptors (Lipinski definition) is 2. The van der Waals surface area contributed by atoms with Crippen molar-refractivity contribution in [3.05, 3.63) is 28.8 Å². The van der Waals surface area contributed by atoms with Gasteiger partial charge in [-0.3, -0.25) is 0 Å². The van der Waals surface area contributed by atoms with E-state index < -0.39 is 0 Å². The number of benzene rings is 1. The van der Waals surface area contributed by atoms with E-state index in [9.17, 15) is 0 Å². The highest BCUT2D eigenvalue weighted by Gasteiger charge is 2.39. The van der Waals surface area contributed by atoms with E-state index in [2.05, 4.69) is 6.07 Å². The molecule has 2 aliphatic rings. The van der Waals surface area contributed by atoms with Gasteiger partial charge in [0.25, 0.3) is 0 Å². The summed E-state index contributed by atoms with van der Waals surface area (Å²) in [4.78, 5) is 0. The number of nitrogens with two attached hydrogens (primary N) is 1. The first kappa shape index (κ1) is 13.3. The second-order valence-electron chi connectivity index (χ2n) is 6.09. The first-order chi connectivity index (χ1) is 9.23. The lowest BCUT2D eigenvalue weighted by atomic mass is 9.64. The van der Waals surface area contributed by atoms with Gasteiger partial charge in [-0.1, -0.05) is 24.4 Å². The Kier molecular flexibility index (Phi) is 3.72. The summed E-state index contributed by atoms with van der Waals surface area (Å²) in [7, 11) is 0. The van der Waals surface area contributed by atoms with Crippen molar-refractivity contribution >= 4 is 11.6 Å². The lowest BCUT2D eigenvalue weighted by molar-refractivity contribution is 0.171. The molecule has 0 amide bonds. The lowest BCUT2D eigenvalue weighted by Crippen LogP contribution is -2.42. The minimum Gasteiger partial charge on any atom is -0.493 e. The van der Waals surface area contributed by atoms with E-state index in [1.807, 2.05) is 12.1 Å². The molecule has 2 nitrogen and oxygen atoms in total. The minimum atomic E-state index is 0.111. The number of rotatable bonds is 5. The summed E-state index contributed by atoms with van der Waals surface area (Å²) in [5.74, 6) is 1.75. The van der Waals surface area contributed by atoms with Crippen LogP contribution in [0.5, 0.6) is 5.75 Å².